The lowest BCUT2D eigenvalue weighted by Gasteiger charge is -2.25. The first kappa shape index (κ1) is 21.9. The van der Waals surface area contributed by atoms with Gasteiger partial charge in [0.1, 0.15) is 18.2 Å². The summed E-state index contributed by atoms with van der Waals surface area (Å²) in [6.45, 7) is 1.11. The molecule has 0 bridgehead atoms. The molecule has 1 aliphatic heterocycles. The summed E-state index contributed by atoms with van der Waals surface area (Å²) in [4.78, 5) is 12.6. The van der Waals surface area contributed by atoms with Crippen LogP contribution < -0.4 is 15.8 Å². The van der Waals surface area contributed by atoms with E-state index in [1.165, 1.54) is 28.6 Å². The molecule has 0 spiro atoms. The predicted octanol–water partition coefficient (Wildman–Crippen LogP) is 3.09. The fraction of sp³-hybridized carbons (Fsp3) is 0.286. The van der Waals surface area contributed by atoms with E-state index < -0.39 is 10.0 Å². The smallest absolute Gasteiger partial charge is 0.243 e. The molecule has 1 saturated heterocycles. The second-order valence-corrected chi connectivity index (χ2v) is 9.23. The first-order chi connectivity index (χ1) is 15.4. The Labute approximate surface area is 185 Å². The van der Waals surface area contributed by atoms with E-state index in [4.69, 9.17) is 10.5 Å². The zero-order valence-electron chi connectivity index (χ0n) is 17.2. The molecule has 1 aromatic heterocycles. The third-order valence-corrected chi connectivity index (χ3v) is 6.86. The molecule has 1 aliphatic rings. The lowest BCUT2D eigenvalue weighted by Crippen LogP contribution is -2.35. The fourth-order valence-electron chi connectivity index (χ4n) is 3.33. The lowest BCUT2D eigenvalue weighted by atomic mass is 10.2. The van der Waals surface area contributed by atoms with E-state index in [-0.39, 0.29) is 35.0 Å². The van der Waals surface area contributed by atoms with E-state index >= 15 is 0 Å². The molecule has 0 radical (unpaired) electrons. The van der Waals surface area contributed by atoms with Gasteiger partial charge in [-0.05, 0) is 61.4 Å². The van der Waals surface area contributed by atoms with Crippen LogP contribution in [0.2, 0.25) is 0 Å². The molecule has 11 heteroatoms. The van der Waals surface area contributed by atoms with Gasteiger partial charge in [0, 0.05) is 18.8 Å². The van der Waals surface area contributed by atoms with Crippen LogP contribution in [0.25, 0.3) is 0 Å². The van der Waals surface area contributed by atoms with Crippen molar-refractivity contribution in [1.82, 2.24) is 19.3 Å². The molecular weight excluding hydrogens is 435 g/mol. The normalized spacial score (nSPS) is 14.8. The van der Waals surface area contributed by atoms with Crippen molar-refractivity contribution < 1.29 is 17.5 Å². The van der Waals surface area contributed by atoms with E-state index in [2.05, 4.69) is 20.3 Å². The molecule has 4 rings (SSSR count). The Morgan fingerprint density at radius 3 is 2.34 bits per heavy atom. The van der Waals surface area contributed by atoms with Crippen molar-refractivity contribution >= 4 is 27.6 Å². The van der Waals surface area contributed by atoms with Gasteiger partial charge in [-0.1, -0.05) is 6.42 Å². The molecular formula is C21H23FN6O3S. The first-order valence-electron chi connectivity index (χ1n) is 10.2. The number of halogens is 1. The van der Waals surface area contributed by atoms with Crippen molar-refractivity contribution in [2.45, 2.75) is 30.8 Å². The molecule has 2 aromatic carbocycles. The molecule has 3 aromatic rings. The number of hydrogen-bond acceptors (Lipinski definition) is 8. The number of nitrogens with zero attached hydrogens (tertiary/aromatic N) is 4. The van der Waals surface area contributed by atoms with Crippen LogP contribution in [-0.4, -0.2) is 40.8 Å². The highest BCUT2D eigenvalue weighted by molar-refractivity contribution is 7.89. The van der Waals surface area contributed by atoms with E-state index in [0.717, 1.165) is 19.3 Å². The Kier molecular flexibility index (Phi) is 6.47. The molecule has 0 atom stereocenters. The van der Waals surface area contributed by atoms with Gasteiger partial charge in [0.2, 0.25) is 21.9 Å². The number of nitrogens with two attached hydrogens (primary N) is 1. The Hall–Kier alpha value is -3.31. The predicted molar refractivity (Wildman–Crippen MR) is 117 cm³/mol. The molecule has 3 N–H and O–H groups in total. The molecule has 168 valence electrons. The summed E-state index contributed by atoms with van der Waals surface area (Å²) < 4.78 is 45.7. The second-order valence-electron chi connectivity index (χ2n) is 7.29. The van der Waals surface area contributed by atoms with Crippen LogP contribution in [0.1, 0.15) is 25.1 Å². The zero-order valence-corrected chi connectivity index (χ0v) is 18.1. The number of aromatic nitrogens is 3. The minimum absolute atomic E-state index is 0.00302. The fourth-order valence-corrected chi connectivity index (χ4v) is 4.85. The monoisotopic (exact) mass is 458 g/mol. The number of rotatable bonds is 7. The summed E-state index contributed by atoms with van der Waals surface area (Å²) in [5, 5.41) is 2.93. The third-order valence-electron chi connectivity index (χ3n) is 4.94. The van der Waals surface area contributed by atoms with E-state index in [1.807, 2.05) is 0 Å². The number of nitrogens with one attached hydrogen (secondary N) is 1. The van der Waals surface area contributed by atoms with Crippen molar-refractivity contribution in [2.24, 2.45) is 0 Å². The second kappa shape index (κ2) is 9.45. The first-order valence-corrected chi connectivity index (χ1v) is 11.6. The van der Waals surface area contributed by atoms with E-state index in [1.54, 1.807) is 24.3 Å². The topological polar surface area (TPSA) is 123 Å². The summed E-state index contributed by atoms with van der Waals surface area (Å²) in [6, 6.07) is 12.0. The minimum atomic E-state index is -3.49. The number of nitrogen functional groups attached to an aromatic ring is 1. The third kappa shape index (κ3) is 5.29. The highest BCUT2D eigenvalue weighted by atomic mass is 32.2. The van der Waals surface area contributed by atoms with Crippen LogP contribution in [-0.2, 0) is 16.6 Å². The SMILES string of the molecule is Nc1nc(COc2ccc(S(=O)(=O)N3CCCCC3)cc2)nc(Nc2ccc(F)cc2)n1. The van der Waals surface area contributed by atoms with Gasteiger partial charge >= 0.3 is 0 Å². The summed E-state index contributed by atoms with van der Waals surface area (Å²) in [5.41, 5.74) is 6.35. The van der Waals surface area contributed by atoms with Crippen molar-refractivity contribution in [2.75, 3.05) is 24.1 Å². The molecule has 2 heterocycles. The maximum atomic E-state index is 13.1. The van der Waals surface area contributed by atoms with Crippen LogP contribution in [0, 0.1) is 5.82 Å². The molecule has 0 unspecified atom stereocenters. The molecule has 0 amide bonds. The summed E-state index contributed by atoms with van der Waals surface area (Å²) in [7, 11) is -3.49. The Morgan fingerprint density at radius 1 is 0.969 bits per heavy atom. The van der Waals surface area contributed by atoms with Gasteiger partial charge in [-0.3, -0.25) is 0 Å². The average molecular weight is 459 g/mol. The molecule has 9 nitrogen and oxygen atoms in total. The van der Waals surface area contributed by atoms with Gasteiger partial charge in [0.25, 0.3) is 0 Å². The van der Waals surface area contributed by atoms with Gasteiger partial charge < -0.3 is 15.8 Å². The number of benzene rings is 2. The van der Waals surface area contributed by atoms with Gasteiger partial charge in [-0.2, -0.15) is 19.3 Å². The van der Waals surface area contributed by atoms with Crippen molar-refractivity contribution in [3.05, 3.63) is 60.2 Å². The van der Waals surface area contributed by atoms with Crippen molar-refractivity contribution in [1.29, 1.82) is 0 Å². The highest BCUT2D eigenvalue weighted by Crippen LogP contribution is 2.23. The van der Waals surface area contributed by atoms with Crippen LogP contribution in [0.5, 0.6) is 5.75 Å². The summed E-state index contributed by atoms with van der Waals surface area (Å²) in [6.07, 6.45) is 2.82. The maximum Gasteiger partial charge on any atom is 0.243 e. The average Bonchev–Trinajstić information content (AvgIpc) is 2.80. The molecule has 0 saturated carbocycles. The number of sulfonamides is 1. The number of ether oxygens (including phenoxy) is 1. The Morgan fingerprint density at radius 2 is 1.66 bits per heavy atom. The quantitative estimate of drug-likeness (QED) is 0.554. The molecule has 32 heavy (non-hydrogen) atoms. The molecule has 1 fully saturated rings. The van der Waals surface area contributed by atoms with Crippen LogP contribution >= 0.6 is 0 Å². The summed E-state index contributed by atoms with van der Waals surface area (Å²) in [5.74, 6) is 0.605. The minimum Gasteiger partial charge on any atom is -0.486 e. The van der Waals surface area contributed by atoms with E-state index in [0.29, 0.717) is 24.5 Å². The zero-order chi connectivity index (χ0) is 22.6. The van der Waals surface area contributed by atoms with Gasteiger partial charge in [-0.25, -0.2) is 12.8 Å². The van der Waals surface area contributed by atoms with Crippen LogP contribution in [0.15, 0.2) is 53.4 Å². The summed E-state index contributed by atoms with van der Waals surface area (Å²) >= 11 is 0. The lowest BCUT2D eigenvalue weighted by molar-refractivity contribution is 0.295. The standard InChI is InChI=1S/C21H23FN6O3S/c22-15-4-6-16(7-5-15)24-21-26-19(25-20(23)27-21)14-31-17-8-10-18(11-9-17)32(29,30)28-12-2-1-3-13-28/h4-11H,1-3,12-14H2,(H3,23,24,25,26,27). The number of piperidine rings is 1. The highest BCUT2D eigenvalue weighted by Gasteiger charge is 2.25. The number of hydrogen-bond donors (Lipinski definition) is 2. The number of anilines is 3. The van der Waals surface area contributed by atoms with Crippen molar-refractivity contribution in [3.63, 3.8) is 0 Å². The van der Waals surface area contributed by atoms with Gasteiger partial charge in [0.15, 0.2) is 5.82 Å². The van der Waals surface area contributed by atoms with Crippen LogP contribution in [0.4, 0.5) is 22.0 Å². The van der Waals surface area contributed by atoms with E-state index in [9.17, 15) is 12.8 Å². The molecule has 0 aliphatic carbocycles. The van der Waals surface area contributed by atoms with Crippen molar-refractivity contribution in [3.8, 4) is 5.75 Å². The van der Waals surface area contributed by atoms with Gasteiger partial charge in [-0.15, -0.1) is 0 Å². The Bertz CT molecular complexity index is 1170. The van der Waals surface area contributed by atoms with Crippen LogP contribution in [0.3, 0.4) is 0 Å². The maximum absolute atomic E-state index is 13.1. The largest absolute Gasteiger partial charge is 0.486 e. The Balaban J connectivity index is 1.41. The van der Waals surface area contributed by atoms with Gasteiger partial charge in [0.05, 0.1) is 4.90 Å².